The fourth-order valence-electron chi connectivity index (χ4n) is 2.94. The molecule has 112 valence electrons. The Kier molecular flexibility index (Phi) is 4.84. The third kappa shape index (κ3) is 3.46. The van der Waals surface area contributed by atoms with E-state index in [0.29, 0.717) is 19.7 Å². The van der Waals surface area contributed by atoms with E-state index in [0.717, 1.165) is 19.3 Å². The van der Waals surface area contributed by atoms with Gasteiger partial charge >= 0.3 is 0 Å². The van der Waals surface area contributed by atoms with Crippen molar-refractivity contribution in [2.75, 3.05) is 19.7 Å². The standard InChI is InChI=1S/C12H25N3O3S/c1-9-8-18-10(2)7-15(9)19(16,17)14-12-5-3-4-11(12)6-13/h9-12,14H,3-8,13H2,1-2H3/t9-,10+,11+,12+/m0/s1. The molecule has 1 aliphatic heterocycles. The summed E-state index contributed by atoms with van der Waals surface area (Å²) < 4.78 is 34.8. The Morgan fingerprint density at radius 2 is 2.11 bits per heavy atom. The molecule has 1 saturated heterocycles. The molecule has 4 atom stereocenters. The number of rotatable bonds is 4. The van der Waals surface area contributed by atoms with Crippen LogP contribution in [0.4, 0.5) is 0 Å². The summed E-state index contributed by atoms with van der Waals surface area (Å²) in [4.78, 5) is 0. The van der Waals surface area contributed by atoms with Crippen molar-refractivity contribution < 1.29 is 13.2 Å². The van der Waals surface area contributed by atoms with Crippen LogP contribution in [0, 0.1) is 5.92 Å². The molecule has 0 aromatic heterocycles. The lowest BCUT2D eigenvalue weighted by atomic mass is 10.1. The predicted molar refractivity (Wildman–Crippen MR) is 73.8 cm³/mol. The molecule has 2 fully saturated rings. The number of morpholine rings is 1. The summed E-state index contributed by atoms with van der Waals surface area (Å²) in [5.74, 6) is 0.267. The third-order valence-corrected chi connectivity index (χ3v) is 5.85. The predicted octanol–water partition coefficient (Wildman–Crippen LogP) is 0.0574. The number of nitrogens with zero attached hydrogens (tertiary/aromatic N) is 1. The monoisotopic (exact) mass is 291 g/mol. The van der Waals surface area contributed by atoms with Crippen LogP contribution in [0.1, 0.15) is 33.1 Å². The molecule has 7 heteroatoms. The summed E-state index contributed by atoms with van der Waals surface area (Å²) in [6, 6.07) is -0.133. The number of nitrogens with two attached hydrogens (primary N) is 1. The third-order valence-electron chi connectivity index (χ3n) is 4.12. The zero-order valence-electron chi connectivity index (χ0n) is 11.7. The van der Waals surface area contributed by atoms with Gasteiger partial charge in [0.1, 0.15) is 0 Å². The van der Waals surface area contributed by atoms with Gasteiger partial charge in [0.05, 0.1) is 12.7 Å². The van der Waals surface area contributed by atoms with E-state index in [-0.39, 0.29) is 24.1 Å². The second-order valence-electron chi connectivity index (χ2n) is 5.72. The van der Waals surface area contributed by atoms with E-state index in [2.05, 4.69) is 4.72 Å². The lowest BCUT2D eigenvalue weighted by molar-refractivity contribution is -0.0176. The average Bonchev–Trinajstić information content (AvgIpc) is 2.78. The molecule has 0 spiro atoms. The van der Waals surface area contributed by atoms with Crippen molar-refractivity contribution in [3.8, 4) is 0 Å². The summed E-state index contributed by atoms with van der Waals surface area (Å²) in [6.45, 7) is 5.18. The fraction of sp³-hybridized carbons (Fsp3) is 1.00. The minimum Gasteiger partial charge on any atom is -0.375 e. The number of nitrogens with one attached hydrogen (secondary N) is 1. The first-order valence-corrected chi connectivity index (χ1v) is 8.49. The van der Waals surface area contributed by atoms with Gasteiger partial charge in [-0.1, -0.05) is 6.42 Å². The maximum absolute atomic E-state index is 12.5. The molecule has 0 amide bonds. The normalized spacial score (nSPS) is 37.6. The van der Waals surface area contributed by atoms with E-state index < -0.39 is 10.2 Å². The van der Waals surface area contributed by atoms with Gasteiger partial charge in [0, 0.05) is 18.6 Å². The van der Waals surface area contributed by atoms with Gasteiger partial charge in [-0.25, -0.2) is 0 Å². The summed E-state index contributed by atoms with van der Waals surface area (Å²) >= 11 is 0. The first-order chi connectivity index (χ1) is 8.94. The molecule has 0 aromatic rings. The summed E-state index contributed by atoms with van der Waals surface area (Å²) in [5, 5.41) is 0. The second-order valence-corrected chi connectivity index (χ2v) is 7.37. The van der Waals surface area contributed by atoms with E-state index >= 15 is 0 Å². The van der Waals surface area contributed by atoms with Crippen LogP contribution >= 0.6 is 0 Å². The van der Waals surface area contributed by atoms with Gasteiger partial charge < -0.3 is 10.5 Å². The maximum Gasteiger partial charge on any atom is 0.280 e. The Morgan fingerprint density at radius 1 is 1.37 bits per heavy atom. The molecule has 1 saturated carbocycles. The Morgan fingerprint density at radius 3 is 2.79 bits per heavy atom. The van der Waals surface area contributed by atoms with Gasteiger partial charge in [0.2, 0.25) is 0 Å². The molecule has 1 aliphatic carbocycles. The molecule has 3 N–H and O–H groups in total. The van der Waals surface area contributed by atoms with E-state index in [9.17, 15) is 8.42 Å². The highest BCUT2D eigenvalue weighted by Gasteiger charge is 2.37. The minimum absolute atomic E-state index is 0.0136. The van der Waals surface area contributed by atoms with Crippen LogP contribution in [0.2, 0.25) is 0 Å². The molecule has 1 heterocycles. The molecule has 6 nitrogen and oxygen atoms in total. The lowest BCUT2D eigenvalue weighted by Gasteiger charge is -2.36. The van der Waals surface area contributed by atoms with E-state index in [1.54, 1.807) is 0 Å². The molecule has 0 bridgehead atoms. The second kappa shape index (κ2) is 6.05. The summed E-state index contributed by atoms with van der Waals surface area (Å²) in [6.07, 6.45) is 2.89. The summed E-state index contributed by atoms with van der Waals surface area (Å²) in [5.41, 5.74) is 5.70. The Labute approximate surface area is 115 Å². The average molecular weight is 291 g/mol. The number of ether oxygens (including phenoxy) is 1. The highest BCUT2D eigenvalue weighted by Crippen LogP contribution is 2.26. The zero-order chi connectivity index (χ0) is 14.0. The van der Waals surface area contributed by atoms with Crippen LogP contribution < -0.4 is 10.5 Å². The van der Waals surface area contributed by atoms with Crippen molar-refractivity contribution >= 4 is 10.2 Å². The van der Waals surface area contributed by atoms with E-state index in [1.807, 2.05) is 13.8 Å². The Hall–Kier alpha value is -0.210. The first-order valence-electron chi connectivity index (χ1n) is 7.05. The summed E-state index contributed by atoms with van der Waals surface area (Å²) in [7, 11) is -3.44. The van der Waals surface area contributed by atoms with Gasteiger partial charge in [-0.05, 0) is 39.2 Å². The van der Waals surface area contributed by atoms with Gasteiger partial charge in [0.25, 0.3) is 10.2 Å². The van der Waals surface area contributed by atoms with Crippen molar-refractivity contribution in [2.24, 2.45) is 11.7 Å². The van der Waals surface area contributed by atoms with E-state index in [4.69, 9.17) is 10.5 Å². The van der Waals surface area contributed by atoms with Gasteiger partial charge in [-0.3, -0.25) is 0 Å². The van der Waals surface area contributed by atoms with E-state index in [1.165, 1.54) is 4.31 Å². The number of hydrogen-bond acceptors (Lipinski definition) is 4. The molecule has 19 heavy (non-hydrogen) atoms. The van der Waals surface area contributed by atoms with Crippen molar-refractivity contribution in [3.05, 3.63) is 0 Å². The highest BCUT2D eigenvalue weighted by molar-refractivity contribution is 7.87. The van der Waals surface area contributed by atoms with Crippen molar-refractivity contribution in [3.63, 3.8) is 0 Å². The molecular formula is C12H25N3O3S. The van der Waals surface area contributed by atoms with Gasteiger partial charge in [-0.15, -0.1) is 0 Å². The fourth-order valence-corrected chi connectivity index (χ4v) is 4.71. The molecular weight excluding hydrogens is 266 g/mol. The van der Waals surface area contributed by atoms with Crippen LogP contribution in [0.25, 0.3) is 0 Å². The van der Waals surface area contributed by atoms with Crippen molar-refractivity contribution in [2.45, 2.75) is 51.3 Å². The highest BCUT2D eigenvalue weighted by atomic mass is 32.2. The number of hydrogen-bond donors (Lipinski definition) is 2. The van der Waals surface area contributed by atoms with Crippen LogP contribution in [0.15, 0.2) is 0 Å². The molecule has 0 radical (unpaired) electrons. The molecule has 0 aromatic carbocycles. The minimum atomic E-state index is -3.44. The smallest absolute Gasteiger partial charge is 0.280 e. The molecule has 2 rings (SSSR count). The van der Waals surface area contributed by atoms with Crippen LogP contribution in [0.3, 0.4) is 0 Å². The molecule has 0 unspecified atom stereocenters. The maximum atomic E-state index is 12.5. The Bertz CT molecular complexity index is 401. The largest absolute Gasteiger partial charge is 0.375 e. The SMILES string of the molecule is C[C@@H]1CN(S(=O)(=O)N[C@@H]2CCC[C@@H]2CN)[C@@H](C)CO1. The van der Waals surface area contributed by atoms with Crippen LogP contribution in [-0.2, 0) is 14.9 Å². The Balaban J connectivity index is 2.04. The topological polar surface area (TPSA) is 84.7 Å². The lowest BCUT2D eigenvalue weighted by Crippen LogP contribution is -2.56. The van der Waals surface area contributed by atoms with Gasteiger partial charge in [0.15, 0.2) is 0 Å². The van der Waals surface area contributed by atoms with Gasteiger partial charge in [-0.2, -0.15) is 17.4 Å². The van der Waals surface area contributed by atoms with Crippen LogP contribution in [0.5, 0.6) is 0 Å². The quantitative estimate of drug-likeness (QED) is 0.767. The molecule has 2 aliphatic rings. The first kappa shape index (κ1) is 15.2. The zero-order valence-corrected chi connectivity index (χ0v) is 12.5. The van der Waals surface area contributed by atoms with Crippen molar-refractivity contribution in [1.29, 1.82) is 0 Å². The van der Waals surface area contributed by atoms with Crippen molar-refractivity contribution in [1.82, 2.24) is 9.03 Å². The van der Waals surface area contributed by atoms with Crippen LogP contribution in [-0.4, -0.2) is 50.6 Å².